The predicted molar refractivity (Wildman–Crippen MR) is 68.0 cm³/mol. The van der Waals surface area contributed by atoms with Crippen LogP contribution in [0.5, 0.6) is 0 Å². The summed E-state index contributed by atoms with van der Waals surface area (Å²) in [7, 11) is 0. The molecule has 17 heavy (non-hydrogen) atoms. The second kappa shape index (κ2) is 5.04. The number of ether oxygens (including phenoxy) is 1. The van der Waals surface area contributed by atoms with Gasteiger partial charge in [0.1, 0.15) is 0 Å². The van der Waals surface area contributed by atoms with E-state index in [-0.39, 0.29) is 5.97 Å². The normalized spacial score (nSPS) is 10.7. The number of para-hydroxylation sites is 1. The Morgan fingerprint density at radius 1 is 1.35 bits per heavy atom. The SMILES string of the molecule is CCCOC(=O)Cc1c(C)[nH]c2ccccc12. The Balaban J connectivity index is 2.23. The molecule has 3 nitrogen and oxygen atoms in total. The fraction of sp³-hybridized carbons (Fsp3) is 0.357. The number of aromatic amines is 1. The van der Waals surface area contributed by atoms with Gasteiger partial charge in [0, 0.05) is 16.6 Å². The highest BCUT2D eigenvalue weighted by molar-refractivity contribution is 5.88. The van der Waals surface area contributed by atoms with E-state index < -0.39 is 0 Å². The molecule has 0 amide bonds. The van der Waals surface area contributed by atoms with E-state index in [1.807, 2.05) is 38.1 Å². The van der Waals surface area contributed by atoms with Crippen LogP contribution in [0.4, 0.5) is 0 Å². The summed E-state index contributed by atoms with van der Waals surface area (Å²) in [6, 6.07) is 8.01. The first-order valence-electron chi connectivity index (χ1n) is 5.94. The number of carbonyl (C=O) groups is 1. The highest BCUT2D eigenvalue weighted by Crippen LogP contribution is 2.22. The maximum Gasteiger partial charge on any atom is 0.310 e. The van der Waals surface area contributed by atoms with Gasteiger partial charge < -0.3 is 9.72 Å². The Bertz CT molecular complexity index is 528. The van der Waals surface area contributed by atoms with Crippen LogP contribution in [0.25, 0.3) is 10.9 Å². The average molecular weight is 231 g/mol. The minimum Gasteiger partial charge on any atom is -0.465 e. The van der Waals surface area contributed by atoms with Gasteiger partial charge in [-0.1, -0.05) is 25.1 Å². The molecule has 0 spiro atoms. The molecule has 0 aliphatic heterocycles. The molecule has 0 saturated carbocycles. The van der Waals surface area contributed by atoms with Crippen LogP contribution < -0.4 is 0 Å². The van der Waals surface area contributed by atoms with Crippen molar-refractivity contribution in [3.05, 3.63) is 35.5 Å². The number of esters is 1. The lowest BCUT2D eigenvalue weighted by molar-refractivity contribution is -0.142. The summed E-state index contributed by atoms with van der Waals surface area (Å²) in [5, 5.41) is 1.11. The van der Waals surface area contributed by atoms with Crippen molar-refractivity contribution in [3.8, 4) is 0 Å². The van der Waals surface area contributed by atoms with Crippen molar-refractivity contribution in [1.82, 2.24) is 4.98 Å². The Morgan fingerprint density at radius 3 is 2.88 bits per heavy atom. The zero-order valence-electron chi connectivity index (χ0n) is 10.2. The minimum atomic E-state index is -0.153. The number of rotatable bonds is 4. The fourth-order valence-corrected chi connectivity index (χ4v) is 1.97. The van der Waals surface area contributed by atoms with Gasteiger partial charge >= 0.3 is 5.97 Å². The lowest BCUT2D eigenvalue weighted by Gasteiger charge is -2.03. The van der Waals surface area contributed by atoms with Crippen LogP contribution in [-0.4, -0.2) is 17.6 Å². The number of nitrogens with one attached hydrogen (secondary N) is 1. The van der Waals surface area contributed by atoms with Crippen LogP contribution in [0.2, 0.25) is 0 Å². The van der Waals surface area contributed by atoms with E-state index in [0.717, 1.165) is 28.6 Å². The van der Waals surface area contributed by atoms with E-state index >= 15 is 0 Å². The maximum atomic E-state index is 11.6. The molecule has 90 valence electrons. The highest BCUT2D eigenvalue weighted by atomic mass is 16.5. The van der Waals surface area contributed by atoms with Crippen molar-refractivity contribution in [2.45, 2.75) is 26.7 Å². The molecule has 0 saturated heterocycles. The molecule has 1 heterocycles. The van der Waals surface area contributed by atoms with Gasteiger partial charge in [0.15, 0.2) is 0 Å². The monoisotopic (exact) mass is 231 g/mol. The van der Waals surface area contributed by atoms with Crippen LogP contribution in [-0.2, 0) is 16.0 Å². The average Bonchev–Trinajstić information content (AvgIpc) is 2.64. The van der Waals surface area contributed by atoms with Crippen LogP contribution >= 0.6 is 0 Å². The molecule has 0 aliphatic carbocycles. The molecule has 3 heteroatoms. The van der Waals surface area contributed by atoms with Gasteiger partial charge in [-0.3, -0.25) is 4.79 Å². The van der Waals surface area contributed by atoms with Crippen molar-refractivity contribution in [2.24, 2.45) is 0 Å². The largest absolute Gasteiger partial charge is 0.465 e. The lowest BCUT2D eigenvalue weighted by atomic mass is 10.1. The zero-order valence-corrected chi connectivity index (χ0v) is 10.2. The van der Waals surface area contributed by atoms with Crippen molar-refractivity contribution in [1.29, 1.82) is 0 Å². The van der Waals surface area contributed by atoms with Crippen molar-refractivity contribution >= 4 is 16.9 Å². The Hall–Kier alpha value is -1.77. The second-order valence-corrected chi connectivity index (χ2v) is 4.17. The quantitative estimate of drug-likeness (QED) is 0.822. The van der Waals surface area contributed by atoms with Crippen LogP contribution in [0.15, 0.2) is 24.3 Å². The van der Waals surface area contributed by atoms with Crippen molar-refractivity contribution < 1.29 is 9.53 Å². The number of H-pyrrole nitrogens is 1. The summed E-state index contributed by atoms with van der Waals surface area (Å²) < 4.78 is 5.12. The third-order valence-corrected chi connectivity index (χ3v) is 2.82. The Kier molecular flexibility index (Phi) is 3.47. The van der Waals surface area contributed by atoms with Gasteiger partial charge in [-0.25, -0.2) is 0 Å². The van der Waals surface area contributed by atoms with E-state index in [1.165, 1.54) is 0 Å². The summed E-state index contributed by atoms with van der Waals surface area (Å²) in [6.45, 7) is 4.48. The molecule has 1 aromatic carbocycles. The molecule has 1 aromatic heterocycles. The van der Waals surface area contributed by atoms with Gasteiger partial charge in [-0.15, -0.1) is 0 Å². The zero-order chi connectivity index (χ0) is 12.3. The molecule has 0 radical (unpaired) electrons. The summed E-state index contributed by atoms with van der Waals surface area (Å²) in [6.07, 6.45) is 1.20. The first-order valence-corrected chi connectivity index (χ1v) is 5.94. The molecule has 0 unspecified atom stereocenters. The summed E-state index contributed by atoms with van der Waals surface area (Å²) >= 11 is 0. The summed E-state index contributed by atoms with van der Waals surface area (Å²) in [5.41, 5.74) is 3.16. The molecular weight excluding hydrogens is 214 g/mol. The third kappa shape index (κ3) is 2.49. The number of hydrogen-bond acceptors (Lipinski definition) is 2. The van der Waals surface area contributed by atoms with E-state index in [2.05, 4.69) is 4.98 Å². The minimum absolute atomic E-state index is 0.153. The van der Waals surface area contributed by atoms with Gasteiger partial charge in [-0.05, 0) is 25.0 Å². The Labute approximate surface area is 101 Å². The van der Waals surface area contributed by atoms with E-state index in [4.69, 9.17) is 4.74 Å². The van der Waals surface area contributed by atoms with Gasteiger partial charge in [0.05, 0.1) is 13.0 Å². The van der Waals surface area contributed by atoms with Gasteiger partial charge in [0.2, 0.25) is 0 Å². The topological polar surface area (TPSA) is 42.1 Å². The summed E-state index contributed by atoms with van der Waals surface area (Å²) in [5.74, 6) is -0.153. The van der Waals surface area contributed by atoms with E-state index in [9.17, 15) is 4.79 Å². The highest BCUT2D eigenvalue weighted by Gasteiger charge is 2.12. The predicted octanol–water partition coefficient (Wildman–Crippen LogP) is 2.97. The van der Waals surface area contributed by atoms with Crippen molar-refractivity contribution in [2.75, 3.05) is 6.61 Å². The standard InChI is InChI=1S/C14H17NO2/c1-3-8-17-14(16)9-12-10(2)15-13-7-5-4-6-11(12)13/h4-7,15H,3,8-9H2,1-2H3. The summed E-state index contributed by atoms with van der Waals surface area (Å²) in [4.78, 5) is 14.9. The lowest BCUT2D eigenvalue weighted by Crippen LogP contribution is -2.09. The van der Waals surface area contributed by atoms with E-state index in [1.54, 1.807) is 0 Å². The number of aryl methyl sites for hydroxylation is 1. The first kappa shape index (κ1) is 11.7. The molecule has 2 rings (SSSR count). The number of aromatic nitrogens is 1. The number of carbonyl (C=O) groups excluding carboxylic acids is 1. The van der Waals surface area contributed by atoms with Crippen LogP contribution in [0.1, 0.15) is 24.6 Å². The molecule has 0 fully saturated rings. The molecule has 0 bridgehead atoms. The first-order chi connectivity index (χ1) is 8.22. The molecule has 1 N–H and O–H groups in total. The molecule has 0 aliphatic rings. The molecular formula is C14H17NO2. The number of benzene rings is 1. The smallest absolute Gasteiger partial charge is 0.310 e. The van der Waals surface area contributed by atoms with Gasteiger partial charge in [0.25, 0.3) is 0 Å². The van der Waals surface area contributed by atoms with Gasteiger partial charge in [-0.2, -0.15) is 0 Å². The molecule has 0 atom stereocenters. The maximum absolute atomic E-state index is 11.6. The van der Waals surface area contributed by atoms with Crippen LogP contribution in [0, 0.1) is 6.92 Å². The number of fused-ring (bicyclic) bond motifs is 1. The second-order valence-electron chi connectivity index (χ2n) is 4.17. The van der Waals surface area contributed by atoms with E-state index in [0.29, 0.717) is 13.0 Å². The number of hydrogen-bond donors (Lipinski definition) is 1. The van der Waals surface area contributed by atoms with Crippen molar-refractivity contribution in [3.63, 3.8) is 0 Å². The fourth-order valence-electron chi connectivity index (χ4n) is 1.97. The third-order valence-electron chi connectivity index (χ3n) is 2.82. The van der Waals surface area contributed by atoms with Crippen LogP contribution in [0.3, 0.4) is 0 Å². The Morgan fingerprint density at radius 2 is 2.12 bits per heavy atom. The molecule has 2 aromatic rings.